The van der Waals surface area contributed by atoms with Gasteiger partial charge in [-0.15, -0.1) is 0 Å². The number of hydrogen-bond donors (Lipinski definition) is 1. The van der Waals surface area contributed by atoms with Gasteiger partial charge in [0.1, 0.15) is 6.10 Å². The van der Waals surface area contributed by atoms with E-state index >= 15 is 0 Å². The fourth-order valence-corrected chi connectivity index (χ4v) is 1.16. The first-order chi connectivity index (χ1) is 6.09. The first kappa shape index (κ1) is 12.4. The number of hydrogen-bond acceptors (Lipinski definition) is 3. The number of nitro groups is 1. The highest BCUT2D eigenvalue weighted by Crippen LogP contribution is 2.09. The summed E-state index contributed by atoms with van der Waals surface area (Å²) in [6.45, 7) is 3.56. The molecule has 0 amide bonds. The molecule has 0 saturated carbocycles. The summed E-state index contributed by atoms with van der Waals surface area (Å²) >= 11 is 0. The zero-order valence-electron chi connectivity index (χ0n) is 8.40. The maximum atomic E-state index is 10.3. The van der Waals surface area contributed by atoms with Gasteiger partial charge < -0.3 is 5.11 Å². The van der Waals surface area contributed by atoms with Gasteiger partial charge in [0.25, 0.3) is 0 Å². The normalized spacial score (nSPS) is 15.3. The Labute approximate surface area is 79.1 Å². The molecule has 0 bridgehead atoms. The Morgan fingerprint density at radius 3 is 2.46 bits per heavy atom. The molecule has 4 nitrogen and oxygen atoms in total. The summed E-state index contributed by atoms with van der Waals surface area (Å²) in [5.41, 5.74) is 0. The van der Waals surface area contributed by atoms with Gasteiger partial charge in [0.05, 0.1) is 0 Å². The van der Waals surface area contributed by atoms with Gasteiger partial charge in [0.2, 0.25) is 6.04 Å². The highest BCUT2D eigenvalue weighted by atomic mass is 16.6. The first-order valence-electron chi connectivity index (χ1n) is 4.91. The third-order valence-corrected chi connectivity index (χ3v) is 2.24. The van der Waals surface area contributed by atoms with Gasteiger partial charge in [-0.3, -0.25) is 10.1 Å². The van der Waals surface area contributed by atoms with Crippen molar-refractivity contribution >= 4 is 0 Å². The summed E-state index contributed by atoms with van der Waals surface area (Å²) < 4.78 is 0. The van der Waals surface area contributed by atoms with E-state index in [0.29, 0.717) is 6.42 Å². The van der Waals surface area contributed by atoms with Crippen molar-refractivity contribution in [2.75, 3.05) is 0 Å². The highest BCUT2D eigenvalue weighted by Gasteiger charge is 2.22. The summed E-state index contributed by atoms with van der Waals surface area (Å²) in [5, 5.41) is 19.6. The van der Waals surface area contributed by atoms with Gasteiger partial charge in [-0.05, 0) is 6.42 Å². The van der Waals surface area contributed by atoms with Crippen LogP contribution in [0.4, 0.5) is 0 Å². The molecule has 0 saturated heterocycles. The van der Waals surface area contributed by atoms with Crippen LogP contribution < -0.4 is 0 Å². The largest absolute Gasteiger partial charge is 0.386 e. The van der Waals surface area contributed by atoms with E-state index in [-0.39, 0.29) is 0 Å². The lowest BCUT2D eigenvalue weighted by molar-refractivity contribution is -0.530. The minimum absolute atomic E-state index is 0.426. The fourth-order valence-electron chi connectivity index (χ4n) is 1.16. The topological polar surface area (TPSA) is 63.4 Å². The van der Waals surface area contributed by atoms with Crippen LogP contribution in [-0.4, -0.2) is 22.2 Å². The van der Waals surface area contributed by atoms with Crippen LogP contribution in [0.2, 0.25) is 0 Å². The second-order valence-electron chi connectivity index (χ2n) is 3.44. The minimum atomic E-state index is -0.832. The second-order valence-corrected chi connectivity index (χ2v) is 3.44. The van der Waals surface area contributed by atoms with Crippen molar-refractivity contribution in [1.29, 1.82) is 0 Å². The molecule has 0 aromatic carbocycles. The van der Waals surface area contributed by atoms with Gasteiger partial charge in [0.15, 0.2) is 0 Å². The predicted molar refractivity (Wildman–Crippen MR) is 51.2 cm³/mol. The van der Waals surface area contributed by atoms with Crippen molar-refractivity contribution < 1.29 is 10.0 Å². The van der Waals surface area contributed by atoms with Crippen molar-refractivity contribution in [3.63, 3.8) is 0 Å². The molecule has 0 aliphatic rings. The van der Waals surface area contributed by atoms with Crippen LogP contribution in [0.15, 0.2) is 0 Å². The maximum Gasteiger partial charge on any atom is 0.235 e. The molecule has 0 radical (unpaired) electrons. The van der Waals surface area contributed by atoms with Crippen molar-refractivity contribution in [3.05, 3.63) is 10.1 Å². The Morgan fingerprint density at radius 2 is 2.00 bits per heavy atom. The molecule has 0 aromatic heterocycles. The van der Waals surface area contributed by atoms with Crippen LogP contribution in [0.25, 0.3) is 0 Å². The van der Waals surface area contributed by atoms with E-state index in [1.54, 1.807) is 0 Å². The van der Waals surface area contributed by atoms with Crippen molar-refractivity contribution in [1.82, 2.24) is 0 Å². The Balaban J connectivity index is 3.50. The SMILES string of the molecule is CCCCCC[C@@H](O)[C@@H](C)[N+](=O)[O-]. The standard InChI is InChI=1S/C9H19NO3/c1-3-4-5-6-7-9(11)8(2)10(12)13/h8-9,11H,3-7H2,1-2H3/t8-,9-/m1/s1. The van der Waals surface area contributed by atoms with E-state index in [2.05, 4.69) is 6.92 Å². The monoisotopic (exact) mass is 189 g/mol. The number of rotatable bonds is 7. The van der Waals surface area contributed by atoms with Crippen molar-refractivity contribution in [2.45, 2.75) is 58.1 Å². The molecule has 1 N–H and O–H groups in total. The summed E-state index contributed by atoms with van der Waals surface area (Å²) in [6.07, 6.45) is 3.97. The van der Waals surface area contributed by atoms with Crippen LogP contribution in [0, 0.1) is 10.1 Å². The van der Waals surface area contributed by atoms with E-state index < -0.39 is 17.1 Å². The average molecular weight is 189 g/mol. The zero-order chi connectivity index (χ0) is 10.3. The Kier molecular flexibility index (Phi) is 6.49. The number of unbranched alkanes of at least 4 members (excludes halogenated alkanes) is 3. The van der Waals surface area contributed by atoms with Crippen molar-refractivity contribution in [3.8, 4) is 0 Å². The molecule has 0 aliphatic heterocycles. The predicted octanol–water partition coefficient (Wildman–Crippen LogP) is 1.98. The summed E-state index contributed by atoms with van der Waals surface area (Å²) in [5.74, 6) is 0. The summed E-state index contributed by atoms with van der Waals surface area (Å²) in [6, 6.07) is -0.832. The molecule has 0 rings (SSSR count). The molecule has 2 atom stereocenters. The van der Waals surface area contributed by atoms with Gasteiger partial charge >= 0.3 is 0 Å². The second kappa shape index (κ2) is 6.83. The maximum absolute atomic E-state index is 10.3. The molecule has 0 unspecified atom stereocenters. The Bertz CT molecular complexity index is 150. The van der Waals surface area contributed by atoms with E-state index in [1.165, 1.54) is 6.92 Å². The van der Waals surface area contributed by atoms with E-state index in [0.717, 1.165) is 25.7 Å². The minimum Gasteiger partial charge on any atom is -0.386 e. The van der Waals surface area contributed by atoms with Crippen LogP contribution >= 0.6 is 0 Å². The lowest BCUT2D eigenvalue weighted by Gasteiger charge is -2.11. The molecule has 0 fully saturated rings. The van der Waals surface area contributed by atoms with Gasteiger partial charge in [-0.25, -0.2) is 0 Å². The fraction of sp³-hybridized carbons (Fsp3) is 1.00. The summed E-state index contributed by atoms with van der Waals surface area (Å²) in [4.78, 5) is 9.85. The lowest BCUT2D eigenvalue weighted by atomic mass is 10.1. The molecule has 78 valence electrons. The molecule has 0 aromatic rings. The molecule has 0 spiro atoms. The third kappa shape index (κ3) is 5.58. The van der Waals surface area contributed by atoms with Gasteiger partial charge in [0, 0.05) is 11.8 Å². The van der Waals surface area contributed by atoms with Crippen molar-refractivity contribution in [2.24, 2.45) is 0 Å². The Morgan fingerprint density at radius 1 is 1.38 bits per heavy atom. The molecule has 4 heteroatoms. The van der Waals surface area contributed by atoms with Crippen LogP contribution in [0.5, 0.6) is 0 Å². The van der Waals surface area contributed by atoms with Gasteiger partial charge in [-0.1, -0.05) is 32.6 Å². The number of aliphatic hydroxyl groups excluding tert-OH is 1. The third-order valence-electron chi connectivity index (χ3n) is 2.24. The average Bonchev–Trinajstić information content (AvgIpc) is 2.10. The van der Waals surface area contributed by atoms with E-state index in [4.69, 9.17) is 0 Å². The highest BCUT2D eigenvalue weighted by molar-refractivity contribution is 4.62. The molecular formula is C9H19NO3. The van der Waals surface area contributed by atoms with Crippen LogP contribution in [0.3, 0.4) is 0 Å². The van der Waals surface area contributed by atoms with Gasteiger partial charge in [-0.2, -0.15) is 0 Å². The van der Waals surface area contributed by atoms with Crippen LogP contribution in [0.1, 0.15) is 46.0 Å². The smallest absolute Gasteiger partial charge is 0.235 e. The zero-order valence-corrected chi connectivity index (χ0v) is 8.40. The van der Waals surface area contributed by atoms with E-state index in [1.807, 2.05) is 0 Å². The summed E-state index contributed by atoms with van der Waals surface area (Å²) in [7, 11) is 0. The van der Waals surface area contributed by atoms with E-state index in [9.17, 15) is 15.2 Å². The number of nitrogens with zero attached hydrogens (tertiary/aromatic N) is 1. The molecular weight excluding hydrogens is 170 g/mol. The Hall–Kier alpha value is -0.640. The first-order valence-corrected chi connectivity index (χ1v) is 4.91. The molecule has 13 heavy (non-hydrogen) atoms. The number of aliphatic hydroxyl groups is 1. The molecule has 0 heterocycles. The van der Waals surface area contributed by atoms with Crippen LogP contribution in [-0.2, 0) is 0 Å². The quantitative estimate of drug-likeness (QED) is 0.378. The lowest BCUT2D eigenvalue weighted by Crippen LogP contribution is -2.30. The molecule has 0 aliphatic carbocycles.